The third-order valence-electron chi connectivity index (χ3n) is 3.27. The highest BCUT2D eigenvalue weighted by Crippen LogP contribution is 2.23. The van der Waals surface area contributed by atoms with Crippen LogP contribution in [0.25, 0.3) is 0 Å². The molecule has 0 saturated carbocycles. The summed E-state index contributed by atoms with van der Waals surface area (Å²) in [6.07, 6.45) is 2.54. The highest BCUT2D eigenvalue weighted by Gasteiger charge is 2.16. The minimum Gasteiger partial charge on any atom is -0.356 e. The Kier molecular flexibility index (Phi) is 4.34. The van der Waals surface area contributed by atoms with Gasteiger partial charge in [-0.25, -0.2) is 15.8 Å². The molecule has 1 atom stereocenters. The molecule has 2 rings (SSSR count). The molecule has 6 heteroatoms. The number of nitrogens with zero attached hydrogens (tertiary/aromatic N) is 3. The molecule has 0 amide bonds. The Labute approximate surface area is 117 Å². The number of nitrogens with one attached hydrogen (secondary N) is 1. The Hall–Kier alpha value is -1.66. The lowest BCUT2D eigenvalue weighted by molar-refractivity contribution is 0.677. The lowest BCUT2D eigenvalue weighted by Gasteiger charge is -2.27. The minimum absolute atomic E-state index is 0.359. The van der Waals surface area contributed by atoms with Gasteiger partial charge in [0.1, 0.15) is 18.0 Å². The summed E-state index contributed by atoms with van der Waals surface area (Å²) in [5.41, 5.74) is 3.56. The molecule has 0 radical (unpaired) electrons. The first kappa shape index (κ1) is 13.8. The molecule has 5 nitrogen and oxygen atoms in total. The Bertz CT molecular complexity index is 526. The molecule has 0 saturated heterocycles. The van der Waals surface area contributed by atoms with Gasteiger partial charge in [-0.05, 0) is 25.3 Å². The number of hydrazine groups is 1. The van der Waals surface area contributed by atoms with E-state index in [1.165, 1.54) is 11.2 Å². The number of likely N-dealkylation sites (N-methyl/N-ethyl adjacent to an activating group) is 1. The van der Waals surface area contributed by atoms with Crippen LogP contribution in [0.2, 0.25) is 0 Å². The van der Waals surface area contributed by atoms with Gasteiger partial charge >= 0.3 is 0 Å². The first-order chi connectivity index (χ1) is 9.13. The van der Waals surface area contributed by atoms with E-state index in [0.29, 0.717) is 11.9 Å². The van der Waals surface area contributed by atoms with E-state index in [0.717, 1.165) is 17.8 Å². The maximum atomic E-state index is 5.45. The van der Waals surface area contributed by atoms with E-state index in [1.54, 1.807) is 11.3 Å². The van der Waals surface area contributed by atoms with E-state index in [-0.39, 0.29) is 0 Å². The summed E-state index contributed by atoms with van der Waals surface area (Å²) in [6, 6.07) is 4.60. The predicted octanol–water partition coefficient (Wildman–Crippen LogP) is 2.20. The molecule has 1 unspecified atom stereocenters. The quantitative estimate of drug-likeness (QED) is 0.648. The first-order valence-corrected chi connectivity index (χ1v) is 7.05. The molecule has 0 aliphatic carbocycles. The van der Waals surface area contributed by atoms with E-state index in [1.807, 2.05) is 14.0 Å². The second kappa shape index (κ2) is 5.99. The van der Waals surface area contributed by atoms with E-state index in [4.69, 9.17) is 5.84 Å². The van der Waals surface area contributed by atoms with Crippen molar-refractivity contribution in [2.24, 2.45) is 5.84 Å². The van der Waals surface area contributed by atoms with E-state index < -0.39 is 0 Å². The van der Waals surface area contributed by atoms with Crippen molar-refractivity contribution in [2.45, 2.75) is 26.3 Å². The van der Waals surface area contributed by atoms with Crippen LogP contribution in [-0.2, 0) is 6.42 Å². The average molecular weight is 277 g/mol. The minimum atomic E-state index is 0.359. The Morgan fingerprint density at radius 2 is 2.26 bits per heavy atom. The smallest absolute Gasteiger partial charge is 0.148 e. The highest BCUT2D eigenvalue weighted by molar-refractivity contribution is 7.09. The molecule has 0 spiro atoms. The van der Waals surface area contributed by atoms with Gasteiger partial charge in [0.15, 0.2) is 0 Å². The van der Waals surface area contributed by atoms with Gasteiger partial charge in [-0.15, -0.1) is 11.3 Å². The summed E-state index contributed by atoms with van der Waals surface area (Å²) < 4.78 is 0. The average Bonchev–Trinajstić information content (AvgIpc) is 2.91. The molecule has 19 heavy (non-hydrogen) atoms. The van der Waals surface area contributed by atoms with E-state index >= 15 is 0 Å². The van der Waals surface area contributed by atoms with Crippen LogP contribution in [0.3, 0.4) is 0 Å². The van der Waals surface area contributed by atoms with Crippen molar-refractivity contribution in [1.82, 2.24) is 9.97 Å². The zero-order valence-electron chi connectivity index (χ0n) is 11.4. The zero-order chi connectivity index (χ0) is 13.8. The van der Waals surface area contributed by atoms with Crippen LogP contribution in [0.1, 0.15) is 17.4 Å². The Morgan fingerprint density at radius 1 is 1.47 bits per heavy atom. The molecule has 2 aromatic rings. The Morgan fingerprint density at radius 3 is 2.89 bits per heavy atom. The summed E-state index contributed by atoms with van der Waals surface area (Å²) in [7, 11) is 2.05. The van der Waals surface area contributed by atoms with Gasteiger partial charge in [0.05, 0.1) is 0 Å². The number of aromatic nitrogens is 2. The second-order valence-electron chi connectivity index (χ2n) is 4.56. The molecule has 0 aromatic carbocycles. The van der Waals surface area contributed by atoms with Gasteiger partial charge in [0.2, 0.25) is 0 Å². The van der Waals surface area contributed by atoms with Crippen LogP contribution >= 0.6 is 11.3 Å². The van der Waals surface area contributed by atoms with Gasteiger partial charge < -0.3 is 10.3 Å². The highest BCUT2D eigenvalue weighted by atomic mass is 32.1. The van der Waals surface area contributed by atoms with Crippen LogP contribution in [0.4, 0.5) is 11.6 Å². The van der Waals surface area contributed by atoms with Crippen LogP contribution in [0, 0.1) is 6.92 Å². The third kappa shape index (κ3) is 3.02. The molecule has 2 aromatic heterocycles. The summed E-state index contributed by atoms with van der Waals surface area (Å²) in [5, 5.41) is 2.11. The van der Waals surface area contributed by atoms with Crippen molar-refractivity contribution in [2.75, 3.05) is 17.4 Å². The lowest BCUT2D eigenvalue weighted by atomic mass is 10.1. The van der Waals surface area contributed by atoms with Crippen molar-refractivity contribution >= 4 is 23.0 Å². The van der Waals surface area contributed by atoms with Crippen molar-refractivity contribution in [3.8, 4) is 0 Å². The maximum absolute atomic E-state index is 5.45. The van der Waals surface area contributed by atoms with Crippen LogP contribution in [-0.4, -0.2) is 23.1 Å². The summed E-state index contributed by atoms with van der Waals surface area (Å²) in [6.45, 7) is 4.16. The fourth-order valence-electron chi connectivity index (χ4n) is 2.01. The Balaban J connectivity index is 2.16. The standard InChI is InChI=1S/C13H19N5S/c1-9(7-11-5-4-6-19-11)18(3)13-10(2)12(17-14)15-8-16-13/h4-6,8-9H,7,14H2,1-3H3,(H,15,16,17). The molecule has 3 N–H and O–H groups in total. The normalized spacial score (nSPS) is 12.2. The largest absolute Gasteiger partial charge is 0.356 e. The number of nitrogen functional groups attached to an aromatic ring is 1. The van der Waals surface area contributed by atoms with Crippen molar-refractivity contribution in [3.05, 3.63) is 34.3 Å². The summed E-state index contributed by atoms with van der Waals surface area (Å²) >= 11 is 1.78. The number of hydrogen-bond donors (Lipinski definition) is 2. The first-order valence-electron chi connectivity index (χ1n) is 6.17. The predicted molar refractivity (Wildman–Crippen MR) is 80.5 cm³/mol. The molecule has 0 fully saturated rings. The molecule has 102 valence electrons. The SMILES string of the molecule is Cc1c(NN)ncnc1N(C)C(C)Cc1cccs1. The van der Waals surface area contributed by atoms with Gasteiger partial charge in [0, 0.05) is 30.0 Å². The van der Waals surface area contributed by atoms with Crippen LogP contribution in [0.5, 0.6) is 0 Å². The fourth-order valence-corrected chi connectivity index (χ4v) is 2.83. The van der Waals surface area contributed by atoms with Crippen LogP contribution in [0.15, 0.2) is 23.8 Å². The number of rotatable bonds is 5. The number of hydrogen-bond acceptors (Lipinski definition) is 6. The number of thiophene rings is 1. The van der Waals surface area contributed by atoms with Gasteiger partial charge in [0.25, 0.3) is 0 Å². The maximum Gasteiger partial charge on any atom is 0.148 e. The van der Waals surface area contributed by atoms with E-state index in [9.17, 15) is 0 Å². The molecule has 2 heterocycles. The summed E-state index contributed by atoms with van der Waals surface area (Å²) in [5.74, 6) is 7.02. The van der Waals surface area contributed by atoms with Gasteiger partial charge in [-0.2, -0.15) is 0 Å². The molecule has 0 bridgehead atoms. The summed E-state index contributed by atoms with van der Waals surface area (Å²) in [4.78, 5) is 12.0. The lowest BCUT2D eigenvalue weighted by Crippen LogP contribution is -2.32. The van der Waals surface area contributed by atoms with Crippen molar-refractivity contribution in [3.63, 3.8) is 0 Å². The molecular formula is C13H19N5S. The van der Waals surface area contributed by atoms with Gasteiger partial charge in [-0.1, -0.05) is 6.07 Å². The van der Waals surface area contributed by atoms with Crippen LogP contribution < -0.4 is 16.2 Å². The molecular weight excluding hydrogens is 258 g/mol. The third-order valence-corrected chi connectivity index (χ3v) is 4.16. The monoisotopic (exact) mass is 277 g/mol. The second-order valence-corrected chi connectivity index (χ2v) is 5.59. The zero-order valence-corrected chi connectivity index (χ0v) is 12.2. The van der Waals surface area contributed by atoms with Crippen molar-refractivity contribution in [1.29, 1.82) is 0 Å². The topological polar surface area (TPSA) is 67.1 Å². The molecule has 0 aliphatic heterocycles. The number of anilines is 2. The van der Waals surface area contributed by atoms with Crippen molar-refractivity contribution < 1.29 is 0 Å². The number of nitrogens with two attached hydrogens (primary N) is 1. The molecule has 0 aliphatic rings. The van der Waals surface area contributed by atoms with Gasteiger partial charge in [-0.3, -0.25) is 0 Å². The fraction of sp³-hybridized carbons (Fsp3) is 0.385. The van der Waals surface area contributed by atoms with E-state index in [2.05, 4.69) is 44.7 Å².